The molecule has 1 aromatic rings. The highest BCUT2D eigenvalue weighted by Gasteiger charge is 2.25. The molecule has 1 saturated heterocycles. The molecule has 110 valence electrons. The Labute approximate surface area is 117 Å². The number of carbonyl (C=O) groups excluding carboxylic acids is 1. The molecule has 0 unspecified atom stereocenters. The van der Waals surface area contributed by atoms with E-state index in [1.807, 2.05) is 6.07 Å². The Bertz CT molecular complexity index is 451. The minimum absolute atomic E-state index is 0.121. The maximum atomic E-state index is 11.8. The van der Waals surface area contributed by atoms with Crippen molar-refractivity contribution < 1.29 is 24.1 Å². The van der Waals surface area contributed by atoms with Gasteiger partial charge in [0.1, 0.15) is 0 Å². The van der Waals surface area contributed by atoms with Gasteiger partial charge in [0.2, 0.25) is 0 Å². The van der Waals surface area contributed by atoms with Gasteiger partial charge in [0.15, 0.2) is 18.1 Å². The molecule has 1 fully saturated rings. The van der Waals surface area contributed by atoms with Gasteiger partial charge in [0.05, 0.1) is 25.9 Å². The Kier molecular flexibility index (Phi) is 5.20. The second-order valence-electron chi connectivity index (χ2n) is 4.54. The summed E-state index contributed by atoms with van der Waals surface area (Å²) in [5, 5.41) is 12.4. The zero-order valence-corrected chi connectivity index (χ0v) is 11.4. The first-order chi connectivity index (χ1) is 9.70. The van der Waals surface area contributed by atoms with E-state index in [1.165, 1.54) is 0 Å². The Morgan fingerprint density at radius 1 is 1.45 bits per heavy atom. The minimum atomic E-state index is -0.668. The van der Waals surface area contributed by atoms with E-state index in [2.05, 4.69) is 5.32 Å². The van der Waals surface area contributed by atoms with Crippen LogP contribution in [0.5, 0.6) is 11.5 Å². The number of aliphatic hydroxyl groups excluding tert-OH is 1. The maximum Gasteiger partial charge on any atom is 0.258 e. The van der Waals surface area contributed by atoms with Crippen molar-refractivity contribution >= 4 is 5.91 Å². The Morgan fingerprint density at radius 2 is 2.20 bits per heavy atom. The number of ether oxygens (including phenoxy) is 3. The zero-order chi connectivity index (χ0) is 14.4. The van der Waals surface area contributed by atoms with Gasteiger partial charge in [-0.2, -0.15) is 0 Å². The Morgan fingerprint density at radius 3 is 2.90 bits per heavy atom. The molecule has 6 heteroatoms. The summed E-state index contributed by atoms with van der Waals surface area (Å²) >= 11 is 0. The molecule has 0 radical (unpaired) electrons. The van der Waals surface area contributed by atoms with Gasteiger partial charge in [-0.15, -0.1) is 0 Å². The standard InChI is InChI=1S/C14H19NO5/c1-18-12-4-2-3-5-13(12)20-9-14(17)15-10-6-7-19-8-11(10)16/h2-5,10-11,16H,6-9H2,1H3,(H,15,17)/t10-,11-/m1/s1. The van der Waals surface area contributed by atoms with Crippen molar-refractivity contribution in [3.63, 3.8) is 0 Å². The lowest BCUT2D eigenvalue weighted by Gasteiger charge is -2.28. The molecule has 0 saturated carbocycles. The first kappa shape index (κ1) is 14.6. The van der Waals surface area contributed by atoms with E-state index in [4.69, 9.17) is 14.2 Å². The van der Waals surface area contributed by atoms with Crippen molar-refractivity contribution in [3.8, 4) is 11.5 Å². The number of para-hydroxylation sites is 2. The predicted molar refractivity (Wildman–Crippen MR) is 71.9 cm³/mol. The molecule has 0 spiro atoms. The molecule has 6 nitrogen and oxygen atoms in total. The quantitative estimate of drug-likeness (QED) is 0.814. The van der Waals surface area contributed by atoms with Crippen LogP contribution in [-0.4, -0.2) is 50.1 Å². The third kappa shape index (κ3) is 3.85. The fourth-order valence-corrected chi connectivity index (χ4v) is 2.02. The lowest BCUT2D eigenvalue weighted by atomic mass is 10.1. The molecule has 1 aliphatic heterocycles. The summed E-state index contributed by atoms with van der Waals surface area (Å²) in [4.78, 5) is 11.8. The third-order valence-corrected chi connectivity index (χ3v) is 3.10. The SMILES string of the molecule is COc1ccccc1OCC(=O)N[C@@H]1CCOC[C@H]1O. The minimum Gasteiger partial charge on any atom is -0.493 e. The second kappa shape index (κ2) is 7.12. The average molecular weight is 281 g/mol. The van der Waals surface area contributed by atoms with E-state index in [0.29, 0.717) is 24.5 Å². The van der Waals surface area contributed by atoms with Crippen LogP contribution in [0.1, 0.15) is 6.42 Å². The van der Waals surface area contributed by atoms with Crippen molar-refractivity contribution in [1.82, 2.24) is 5.32 Å². The second-order valence-corrected chi connectivity index (χ2v) is 4.54. The maximum absolute atomic E-state index is 11.8. The third-order valence-electron chi connectivity index (χ3n) is 3.10. The largest absolute Gasteiger partial charge is 0.493 e. The van der Waals surface area contributed by atoms with E-state index in [0.717, 1.165) is 0 Å². The highest BCUT2D eigenvalue weighted by molar-refractivity contribution is 5.78. The molecule has 0 bridgehead atoms. The highest BCUT2D eigenvalue weighted by Crippen LogP contribution is 2.25. The number of aliphatic hydroxyl groups is 1. The molecule has 0 aromatic heterocycles. The molecule has 20 heavy (non-hydrogen) atoms. The van der Waals surface area contributed by atoms with Crippen LogP contribution in [0.25, 0.3) is 0 Å². The number of rotatable bonds is 5. The van der Waals surface area contributed by atoms with Crippen molar-refractivity contribution in [3.05, 3.63) is 24.3 Å². The van der Waals surface area contributed by atoms with Crippen molar-refractivity contribution in [2.45, 2.75) is 18.6 Å². The molecular formula is C14H19NO5. The first-order valence-electron chi connectivity index (χ1n) is 6.51. The summed E-state index contributed by atoms with van der Waals surface area (Å²) in [5.41, 5.74) is 0. The summed E-state index contributed by atoms with van der Waals surface area (Å²) in [6, 6.07) is 6.84. The molecule has 2 atom stereocenters. The van der Waals surface area contributed by atoms with Gasteiger partial charge in [-0.25, -0.2) is 0 Å². The van der Waals surface area contributed by atoms with E-state index in [1.54, 1.807) is 25.3 Å². The fraction of sp³-hybridized carbons (Fsp3) is 0.500. The first-order valence-corrected chi connectivity index (χ1v) is 6.51. The van der Waals surface area contributed by atoms with Crippen LogP contribution < -0.4 is 14.8 Å². The monoisotopic (exact) mass is 281 g/mol. The van der Waals surface area contributed by atoms with Crippen LogP contribution >= 0.6 is 0 Å². The number of amides is 1. The van der Waals surface area contributed by atoms with Gasteiger partial charge in [-0.3, -0.25) is 4.79 Å². The number of benzene rings is 1. The summed E-state index contributed by atoms with van der Waals surface area (Å²) in [7, 11) is 1.54. The summed E-state index contributed by atoms with van der Waals surface area (Å²) in [6.45, 7) is 0.665. The van der Waals surface area contributed by atoms with Crippen LogP contribution in [0.2, 0.25) is 0 Å². The summed E-state index contributed by atoms with van der Waals surface area (Å²) in [5.74, 6) is 0.811. The van der Waals surface area contributed by atoms with Gasteiger partial charge in [0.25, 0.3) is 5.91 Å². The van der Waals surface area contributed by atoms with Gasteiger partial charge < -0.3 is 24.6 Å². The zero-order valence-electron chi connectivity index (χ0n) is 11.4. The van der Waals surface area contributed by atoms with Crippen LogP contribution in [0.4, 0.5) is 0 Å². The molecule has 1 amide bonds. The van der Waals surface area contributed by atoms with Crippen LogP contribution in [-0.2, 0) is 9.53 Å². The number of carbonyl (C=O) groups is 1. The van der Waals surface area contributed by atoms with Gasteiger partial charge >= 0.3 is 0 Å². The molecule has 2 N–H and O–H groups in total. The van der Waals surface area contributed by atoms with Gasteiger partial charge in [-0.05, 0) is 18.6 Å². The van der Waals surface area contributed by atoms with Crippen LogP contribution in [0, 0.1) is 0 Å². The summed E-state index contributed by atoms with van der Waals surface area (Å²) < 4.78 is 15.7. The van der Waals surface area contributed by atoms with Crippen molar-refractivity contribution in [1.29, 1.82) is 0 Å². The number of hydrogen-bond donors (Lipinski definition) is 2. The predicted octanol–water partition coefficient (Wildman–Crippen LogP) is 0.340. The van der Waals surface area contributed by atoms with Crippen LogP contribution in [0.3, 0.4) is 0 Å². The molecule has 1 heterocycles. The lowest BCUT2D eigenvalue weighted by molar-refractivity contribution is -0.126. The number of methoxy groups -OCH3 is 1. The van der Waals surface area contributed by atoms with Crippen molar-refractivity contribution in [2.75, 3.05) is 26.9 Å². The van der Waals surface area contributed by atoms with Crippen LogP contribution in [0.15, 0.2) is 24.3 Å². The normalized spacial score (nSPS) is 22.1. The van der Waals surface area contributed by atoms with Gasteiger partial charge in [-0.1, -0.05) is 12.1 Å². The molecule has 1 aliphatic rings. The van der Waals surface area contributed by atoms with E-state index in [-0.39, 0.29) is 25.2 Å². The summed E-state index contributed by atoms with van der Waals surface area (Å²) in [6.07, 6.45) is -0.0689. The molecule has 2 rings (SSSR count). The molecule has 1 aromatic carbocycles. The smallest absolute Gasteiger partial charge is 0.258 e. The Balaban J connectivity index is 1.82. The van der Waals surface area contributed by atoms with Crippen molar-refractivity contribution in [2.24, 2.45) is 0 Å². The van der Waals surface area contributed by atoms with E-state index < -0.39 is 6.10 Å². The fourth-order valence-electron chi connectivity index (χ4n) is 2.02. The van der Waals surface area contributed by atoms with E-state index in [9.17, 15) is 9.90 Å². The highest BCUT2D eigenvalue weighted by atomic mass is 16.5. The topological polar surface area (TPSA) is 77.0 Å². The lowest BCUT2D eigenvalue weighted by Crippen LogP contribution is -2.49. The molecular weight excluding hydrogens is 262 g/mol. The van der Waals surface area contributed by atoms with Gasteiger partial charge in [0, 0.05) is 6.61 Å². The Hall–Kier alpha value is -1.79. The number of nitrogens with one attached hydrogen (secondary N) is 1. The van der Waals surface area contributed by atoms with E-state index >= 15 is 0 Å². The number of hydrogen-bond acceptors (Lipinski definition) is 5. The molecule has 0 aliphatic carbocycles. The average Bonchev–Trinajstić information content (AvgIpc) is 2.48.